The van der Waals surface area contributed by atoms with Crippen LogP contribution >= 0.6 is 0 Å². The maximum Gasteiger partial charge on any atom is 0.407 e. The Kier molecular flexibility index (Phi) is 6.40. The molecule has 1 unspecified atom stereocenters. The SMILES string of the molecule is Cc1ccc(COc2ccc3c(c2)Oc2ccccc2C3NC(=O)OCC2c3ccccc3-c3ccccc32)cc1. The number of nitrogens with one attached hydrogen (secondary N) is 1. The van der Waals surface area contributed by atoms with Crippen LogP contribution in [0.1, 0.15) is 45.3 Å². The third kappa shape index (κ3) is 4.80. The fraction of sp³-hybridized carbons (Fsp3) is 0.139. The summed E-state index contributed by atoms with van der Waals surface area (Å²) >= 11 is 0. The Balaban J connectivity index is 1.09. The zero-order valence-electron chi connectivity index (χ0n) is 22.7. The molecule has 1 heterocycles. The van der Waals surface area contributed by atoms with Crippen LogP contribution in [0.15, 0.2) is 115 Å². The Morgan fingerprint density at radius 1 is 0.732 bits per heavy atom. The van der Waals surface area contributed by atoms with E-state index < -0.39 is 12.1 Å². The van der Waals surface area contributed by atoms with Crippen molar-refractivity contribution in [2.75, 3.05) is 6.61 Å². The largest absolute Gasteiger partial charge is 0.489 e. The first-order valence-electron chi connectivity index (χ1n) is 13.8. The zero-order valence-corrected chi connectivity index (χ0v) is 22.7. The number of para-hydroxylation sites is 1. The van der Waals surface area contributed by atoms with Gasteiger partial charge in [0.15, 0.2) is 0 Å². The van der Waals surface area contributed by atoms with E-state index in [1.807, 2.05) is 66.7 Å². The minimum Gasteiger partial charge on any atom is -0.489 e. The minimum absolute atomic E-state index is 0.00403. The van der Waals surface area contributed by atoms with Crippen LogP contribution in [0, 0.1) is 6.92 Å². The summed E-state index contributed by atoms with van der Waals surface area (Å²) in [5.74, 6) is 2.04. The summed E-state index contributed by atoms with van der Waals surface area (Å²) in [6.07, 6.45) is -0.473. The highest BCUT2D eigenvalue weighted by Gasteiger charge is 2.32. The van der Waals surface area contributed by atoms with E-state index in [-0.39, 0.29) is 12.5 Å². The Hall–Kier alpha value is -5.03. The average Bonchev–Trinajstić information content (AvgIpc) is 3.33. The lowest BCUT2D eigenvalue weighted by Crippen LogP contribution is -2.32. The second-order valence-corrected chi connectivity index (χ2v) is 10.5. The van der Waals surface area contributed by atoms with E-state index in [2.05, 4.69) is 60.8 Å². The van der Waals surface area contributed by atoms with E-state index in [1.54, 1.807) is 0 Å². The molecule has 1 N–H and O–H groups in total. The second-order valence-electron chi connectivity index (χ2n) is 10.5. The standard InChI is InChI=1S/C36H29NO4/c1-23-14-16-24(17-15-23)21-39-25-18-19-31-34(20-25)41-33-13-7-6-12-30(33)35(31)37-36(38)40-22-32-28-10-4-2-8-26(28)27-9-3-5-11-29(27)32/h2-20,32,35H,21-22H2,1H3,(H,37,38). The highest BCUT2D eigenvalue weighted by Crippen LogP contribution is 2.46. The summed E-state index contributed by atoms with van der Waals surface area (Å²) < 4.78 is 18.2. The number of aryl methyl sites for hydroxylation is 1. The fourth-order valence-electron chi connectivity index (χ4n) is 5.79. The molecule has 2 aliphatic rings. The Morgan fingerprint density at radius 2 is 1.37 bits per heavy atom. The van der Waals surface area contributed by atoms with Crippen LogP contribution in [0.5, 0.6) is 17.2 Å². The first kappa shape index (κ1) is 25.0. The quantitative estimate of drug-likeness (QED) is 0.236. The molecule has 5 aromatic carbocycles. The lowest BCUT2D eigenvalue weighted by molar-refractivity contribution is 0.140. The van der Waals surface area contributed by atoms with Crippen molar-refractivity contribution in [2.24, 2.45) is 0 Å². The van der Waals surface area contributed by atoms with Gasteiger partial charge in [0.2, 0.25) is 0 Å². The van der Waals surface area contributed by atoms with Crippen LogP contribution < -0.4 is 14.8 Å². The molecule has 5 heteroatoms. The van der Waals surface area contributed by atoms with Gasteiger partial charge in [0.1, 0.15) is 30.5 Å². The smallest absolute Gasteiger partial charge is 0.407 e. The molecule has 1 atom stereocenters. The zero-order chi connectivity index (χ0) is 27.8. The van der Waals surface area contributed by atoms with Gasteiger partial charge in [-0.25, -0.2) is 4.79 Å². The summed E-state index contributed by atoms with van der Waals surface area (Å²) in [6, 6.07) is 38.0. The van der Waals surface area contributed by atoms with Crippen molar-refractivity contribution in [3.8, 4) is 28.4 Å². The summed E-state index contributed by atoms with van der Waals surface area (Å²) in [4.78, 5) is 13.3. The number of carbonyl (C=O) groups is 1. The Morgan fingerprint density at radius 3 is 2.10 bits per heavy atom. The molecule has 0 saturated heterocycles. The van der Waals surface area contributed by atoms with Crippen LogP contribution in [-0.4, -0.2) is 12.7 Å². The number of rotatable bonds is 6. The molecule has 1 aliphatic heterocycles. The number of benzene rings is 5. The van der Waals surface area contributed by atoms with Gasteiger partial charge in [-0.1, -0.05) is 96.6 Å². The first-order valence-corrected chi connectivity index (χ1v) is 13.8. The summed E-state index contributed by atoms with van der Waals surface area (Å²) in [7, 11) is 0. The maximum atomic E-state index is 13.3. The van der Waals surface area contributed by atoms with E-state index in [0.717, 1.165) is 16.7 Å². The molecule has 1 amide bonds. The van der Waals surface area contributed by atoms with Crippen LogP contribution in [0.25, 0.3) is 11.1 Å². The van der Waals surface area contributed by atoms with Gasteiger partial charge in [-0.3, -0.25) is 0 Å². The molecule has 1 aliphatic carbocycles. The fourth-order valence-corrected chi connectivity index (χ4v) is 5.79. The third-order valence-corrected chi connectivity index (χ3v) is 7.88. The van der Waals surface area contributed by atoms with Crippen LogP contribution in [0.2, 0.25) is 0 Å². The summed E-state index contributed by atoms with van der Waals surface area (Å²) in [5, 5.41) is 3.10. The van der Waals surface area contributed by atoms with Crippen molar-refractivity contribution in [2.45, 2.75) is 25.5 Å². The Labute approximate surface area is 239 Å². The van der Waals surface area contributed by atoms with Crippen LogP contribution in [0.4, 0.5) is 4.79 Å². The van der Waals surface area contributed by atoms with Crippen LogP contribution in [0.3, 0.4) is 0 Å². The third-order valence-electron chi connectivity index (χ3n) is 7.88. The number of carbonyl (C=O) groups excluding carboxylic acids is 1. The number of hydrogen-bond donors (Lipinski definition) is 1. The normalized spacial score (nSPS) is 14.6. The van der Waals surface area contributed by atoms with E-state index in [1.165, 1.54) is 27.8 Å². The number of alkyl carbamates (subject to hydrolysis) is 1. The van der Waals surface area contributed by atoms with Gasteiger partial charge < -0.3 is 19.5 Å². The molecule has 5 nitrogen and oxygen atoms in total. The van der Waals surface area contributed by atoms with Crippen molar-refractivity contribution in [1.82, 2.24) is 5.32 Å². The molecule has 202 valence electrons. The van der Waals surface area contributed by atoms with Crippen molar-refractivity contribution in [1.29, 1.82) is 0 Å². The molecule has 0 aromatic heterocycles. The highest BCUT2D eigenvalue weighted by molar-refractivity contribution is 5.79. The van der Waals surface area contributed by atoms with Gasteiger partial charge in [-0.15, -0.1) is 0 Å². The van der Waals surface area contributed by atoms with Crippen molar-refractivity contribution >= 4 is 6.09 Å². The molecule has 0 bridgehead atoms. The average molecular weight is 540 g/mol. The topological polar surface area (TPSA) is 56.8 Å². The van der Waals surface area contributed by atoms with Crippen LogP contribution in [-0.2, 0) is 11.3 Å². The Bertz CT molecular complexity index is 1700. The van der Waals surface area contributed by atoms with E-state index >= 15 is 0 Å². The second kappa shape index (κ2) is 10.5. The van der Waals surface area contributed by atoms with Crippen molar-refractivity contribution in [3.05, 3.63) is 149 Å². The van der Waals surface area contributed by atoms with Gasteiger partial charge in [-0.2, -0.15) is 0 Å². The van der Waals surface area contributed by atoms with Gasteiger partial charge in [0.25, 0.3) is 0 Å². The highest BCUT2D eigenvalue weighted by atomic mass is 16.5. The maximum absolute atomic E-state index is 13.3. The van der Waals surface area contributed by atoms with E-state index in [4.69, 9.17) is 14.2 Å². The summed E-state index contributed by atoms with van der Waals surface area (Å²) in [6.45, 7) is 2.77. The first-order chi connectivity index (χ1) is 20.1. The predicted octanol–water partition coefficient (Wildman–Crippen LogP) is 8.31. The van der Waals surface area contributed by atoms with E-state index in [9.17, 15) is 4.79 Å². The summed E-state index contributed by atoms with van der Waals surface area (Å²) in [5.41, 5.74) is 8.79. The van der Waals surface area contributed by atoms with Crippen molar-refractivity contribution < 1.29 is 19.0 Å². The lowest BCUT2D eigenvalue weighted by Gasteiger charge is -2.29. The minimum atomic E-state index is -0.473. The monoisotopic (exact) mass is 539 g/mol. The van der Waals surface area contributed by atoms with Gasteiger partial charge in [0, 0.05) is 23.1 Å². The number of ether oxygens (including phenoxy) is 3. The number of fused-ring (bicyclic) bond motifs is 5. The molecule has 41 heavy (non-hydrogen) atoms. The van der Waals surface area contributed by atoms with Gasteiger partial charge in [0.05, 0.1) is 6.04 Å². The lowest BCUT2D eigenvalue weighted by atomic mass is 9.94. The molecule has 0 saturated carbocycles. The molecular weight excluding hydrogens is 510 g/mol. The van der Waals surface area contributed by atoms with Gasteiger partial charge in [-0.05, 0) is 52.9 Å². The molecule has 0 fully saturated rings. The van der Waals surface area contributed by atoms with E-state index in [0.29, 0.717) is 23.9 Å². The number of hydrogen-bond acceptors (Lipinski definition) is 4. The van der Waals surface area contributed by atoms with Gasteiger partial charge >= 0.3 is 6.09 Å². The number of amides is 1. The predicted molar refractivity (Wildman–Crippen MR) is 159 cm³/mol. The molecule has 0 spiro atoms. The molecule has 0 radical (unpaired) electrons. The molecule has 5 aromatic rings. The molecule has 7 rings (SSSR count). The van der Waals surface area contributed by atoms with Crippen molar-refractivity contribution in [3.63, 3.8) is 0 Å². The molecular formula is C36H29NO4.